The van der Waals surface area contributed by atoms with Crippen LogP contribution in [0.2, 0.25) is 0 Å². The Morgan fingerprint density at radius 3 is 2.50 bits per heavy atom. The normalized spacial score (nSPS) is 11.1. The Morgan fingerprint density at radius 2 is 1.93 bits per heavy atom. The number of hydrogen-bond donors (Lipinski definition) is 1. The maximum atomic E-state index is 11.9. The molecule has 0 aliphatic rings. The first-order valence-corrected chi connectivity index (χ1v) is 9.99. The molecule has 28 heavy (non-hydrogen) atoms. The van der Waals surface area contributed by atoms with E-state index in [2.05, 4.69) is 55.0 Å². The van der Waals surface area contributed by atoms with Crippen LogP contribution in [0.1, 0.15) is 33.3 Å². The lowest BCUT2D eigenvalue weighted by molar-refractivity contribution is -0.117. The molecule has 0 radical (unpaired) electrons. The summed E-state index contributed by atoms with van der Waals surface area (Å²) in [5.41, 5.74) is 2.24. The number of thioether (sulfide) groups is 1. The van der Waals surface area contributed by atoms with Crippen molar-refractivity contribution in [1.82, 2.24) is 20.1 Å². The van der Waals surface area contributed by atoms with Crippen molar-refractivity contribution in [2.75, 3.05) is 12.4 Å². The minimum atomic E-state index is -0.750. The van der Waals surface area contributed by atoms with Crippen LogP contribution in [-0.2, 0) is 21.5 Å². The molecular weight excluding hydrogens is 376 g/mol. The minimum Gasteiger partial charge on any atom is -0.450 e. The number of rotatable bonds is 7. The van der Waals surface area contributed by atoms with Crippen LogP contribution in [0.25, 0.3) is 11.4 Å². The number of carbonyl (C=O) groups is 2. The Kier molecular flexibility index (Phi) is 7.39. The van der Waals surface area contributed by atoms with Crippen LogP contribution < -0.4 is 5.32 Å². The van der Waals surface area contributed by atoms with E-state index in [1.807, 2.05) is 16.7 Å². The highest BCUT2D eigenvalue weighted by atomic mass is 32.2. The van der Waals surface area contributed by atoms with Crippen LogP contribution in [0.4, 0.5) is 4.79 Å². The number of imide groups is 1. The maximum absolute atomic E-state index is 11.9. The van der Waals surface area contributed by atoms with E-state index >= 15 is 0 Å². The number of ether oxygens (including phenoxy) is 1. The molecule has 2 aromatic rings. The van der Waals surface area contributed by atoms with Gasteiger partial charge < -0.3 is 4.74 Å². The smallest absolute Gasteiger partial charge is 0.413 e. The third kappa shape index (κ3) is 5.69. The van der Waals surface area contributed by atoms with Gasteiger partial charge in [-0.3, -0.25) is 14.7 Å². The summed E-state index contributed by atoms with van der Waals surface area (Å²) < 4.78 is 6.59. The number of carbonyl (C=O) groups excluding carboxylic acids is 2. The summed E-state index contributed by atoms with van der Waals surface area (Å²) in [6, 6.07) is 8.21. The van der Waals surface area contributed by atoms with Gasteiger partial charge in [0.05, 0.1) is 12.4 Å². The summed E-state index contributed by atoms with van der Waals surface area (Å²) in [5, 5.41) is 11.2. The lowest BCUT2D eigenvalue weighted by Crippen LogP contribution is -2.32. The van der Waals surface area contributed by atoms with Gasteiger partial charge in [-0.05, 0) is 17.9 Å². The average molecular weight is 403 g/mol. The molecule has 8 heteroatoms. The maximum Gasteiger partial charge on any atom is 0.413 e. The van der Waals surface area contributed by atoms with E-state index in [9.17, 15) is 9.59 Å². The third-order valence-electron chi connectivity index (χ3n) is 3.89. The molecule has 1 N–H and O–H groups in total. The quantitative estimate of drug-likeness (QED) is 0.560. The molecule has 1 aromatic carbocycles. The fraction of sp³-hybridized carbons (Fsp3) is 0.400. The summed E-state index contributed by atoms with van der Waals surface area (Å²) >= 11 is 1.20. The molecule has 0 aliphatic carbocycles. The van der Waals surface area contributed by atoms with Gasteiger partial charge in [-0.2, -0.15) is 0 Å². The highest BCUT2D eigenvalue weighted by Crippen LogP contribution is 2.27. The molecule has 0 unspecified atom stereocenters. The largest absolute Gasteiger partial charge is 0.450 e. The highest BCUT2D eigenvalue weighted by molar-refractivity contribution is 7.99. The lowest BCUT2D eigenvalue weighted by Gasteiger charge is -2.19. The standard InChI is InChI=1S/C20H26N4O3S/c1-6-12-24-17(14-8-10-15(11-9-14)20(3,4)5)22-23-18(24)28-13-16(25)21-19(26)27-7-2/h6,8-11H,1,7,12-13H2,2-5H3,(H,21,25,26). The van der Waals surface area contributed by atoms with Gasteiger partial charge in [-0.25, -0.2) is 4.79 Å². The van der Waals surface area contributed by atoms with Crippen molar-refractivity contribution in [2.45, 2.75) is 44.8 Å². The van der Waals surface area contributed by atoms with Gasteiger partial charge in [0.15, 0.2) is 11.0 Å². The molecule has 0 fully saturated rings. The van der Waals surface area contributed by atoms with E-state index in [-0.39, 0.29) is 17.8 Å². The summed E-state index contributed by atoms with van der Waals surface area (Å²) in [4.78, 5) is 23.2. The molecule has 0 saturated carbocycles. The number of nitrogens with zero attached hydrogens (tertiary/aromatic N) is 3. The summed E-state index contributed by atoms with van der Waals surface area (Å²) in [5.74, 6) is 0.276. The average Bonchev–Trinajstić information content (AvgIpc) is 3.02. The number of amides is 2. The van der Waals surface area contributed by atoms with Gasteiger partial charge >= 0.3 is 6.09 Å². The zero-order valence-corrected chi connectivity index (χ0v) is 17.5. The molecule has 2 rings (SSSR count). The van der Waals surface area contributed by atoms with Crippen LogP contribution in [0.3, 0.4) is 0 Å². The second kappa shape index (κ2) is 9.54. The molecular formula is C20H26N4O3S. The Balaban J connectivity index is 2.16. The van der Waals surface area contributed by atoms with E-state index in [0.29, 0.717) is 17.5 Å². The van der Waals surface area contributed by atoms with Crippen molar-refractivity contribution >= 4 is 23.8 Å². The van der Waals surface area contributed by atoms with E-state index in [0.717, 1.165) is 5.56 Å². The van der Waals surface area contributed by atoms with Crippen molar-refractivity contribution in [1.29, 1.82) is 0 Å². The second-order valence-electron chi connectivity index (χ2n) is 7.09. The zero-order chi connectivity index (χ0) is 20.7. The number of allylic oxidation sites excluding steroid dienone is 1. The van der Waals surface area contributed by atoms with Crippen molar-refractivity contribution in [3.05, 3.63) is 42.5 Å². The highest BCUT2D eigenvalue weighted by Gasteiger charge is 2.18. The van der Waals surface area contributed by atoms with Crippen molar-refractivity contribution in [2.24, 2.45) is 0 Å². The van der Waals surface area contributed by atoms with Crippen molar-refractivity contribution in [3.8, 4) is 11.4 Å². The molecule has 0 spiro atoms. The lowest BCUT2D eigenvalue weighted by atomic mass is 9.87. The number of hydrogen-bond acceptors (Lipinski definition) is 6. The van der Waals surface area contributed by atoms with Gasteiger partial charge in [-0.15, -0.1) is 16.8 Å². The van der Waals surface area contributed by atoms with Gasteiger partial charge in [0.25, 0.3) is 0 Å². The first-order chi connectivity index (χ1) is 13.3. The summed E-state index contributed by atoms with van der Waals surface area (Å²) in [6.07, 6.45) is 0.999. The van der Waals surface area contributed by atoms with E-state index in [4.69, 9.17) is 4.74 Å². The number of aromatic nitrogens is 3. The number of benzene rings is 1. The molecule has 0 saturated heterocycles. The van der Waals surface area contributed by atoms with Crippen LogP contribution in [0.15, 0.2) is 42.1 Å². The van der Waals surface area contributed by atoms with Crippen LogP contribution >= 0.6 is 11.8 Å². The molecule has 0 bridgehead atoms. The Hall–Kier alpha value is -2.61. The minimum absolute atomic E-state index is 0.0249. The van der Waals surface area contributed by atoms with Crippen LogP contribution in [0.5, 0.6) is 0 Å². The molecule has 1 aromatic heterocycles. The van der Waals surface area contributed by atoms with Gasteiger partial charge in [0.1, 0.15) is 0 Å². The fourth-order valence-corrected chi connectivity index (χ4v) is 3.22. The van der Waals surface area contributed by atoms with Crippen molar-refractivity contribution < 1.29 is 14.3 Å². The first kappa shape index (κ1) is 21.7. The molecule has 1 heterocycles. The van der Waals surface area contributed by atoms with Gasteiger partial charge in [0, 0.05) is 12.1 Å². The van der Waals surface area contributed by atoms with Gasteiger partial charge in [-0.1, -0.05) is 62.9 Å². The Bertz CT molecular complexity index is 838. The Labute approximate surface area is 169 Å². The molecule has 150 valence electrons. The zero-order valence-electron chi connectivity index (χ0n) is 16.7. The predicted octanol–water partition coefficient (Wildman–Crippen LogP) is 3.79. The van der Waals surface area contributed by atoms with Crippen molar-refractivity contribution in [3.63, 3.8) is 0 Å². The predicted molar refractivity (Wildman–Crippen MR) is 110 cm³/mol. The SMILES string of the molecule is C=CCn1c(SCC(=O)NC(=O)OCC)nnc1-c1ccc(C(C)(C)C)cc1. The molecule has 2 amide bonds. The summed E-state index contributed by atoms with van der Waals surface area (Å²) in [7, 11) is 0. The monoisotopic (exact) mass is 402 g/mol. The topological polar surface area (TPSA) is 86.1 Å². The molecule has 7 nitrogen and oxygen atoms in total. The number of nitrogens with one attached hydrogen (secondary N) is 1. The first-order valence-electron chi connectivity index (χ1n) is 9.00. The second-order valence-corrected chi connectivity index (χ2v) is 8.03. The van der Waals surface area contributed by atoms with E-state index < -0.39 is 12.0 Å². The van der Waals surface area contributed by atoms with Gasteiger partial charge in [0.2, 0.25) is 5.91 Å². The van der Waals surface area contributed by atoms with E-state index in [1.54, 1.807) is 13.0 Å². The van der Waals surface area contributed by atoms with Crippen LogP contribution in [0, 0.1) is 0 Å². The number of alkyl carbamates (subject to hydrolysis) is 1. The Morgan fingerprint density at radius 1 is 1.25 bits per heavy atom. The summed E-state index contributed by atoms with van der Waals surface area (Å²) in [6.45, 7) is 12.7. The fourth-order valence-electron chi connectivity index (χ4n) is 2.47. The molecule has 0 atom stereocenters. The third-order valence-corrected chi connectivity index (χ3v) is 4.85. The molecule has 0 aliphatic heterocycles. The van der Waals surface area contributed by atoms with E-state index in [1.165, 1.54) is 17.3 Å². The van der Waals surface area contributed by atoms with Crippen LogP contribution in [-0.4, -0.2) is 39.1 Å².